The van der Waals surface area contributed by atoms with E-state index in [4.69, 9.17) is 11.6 Å². The molecular formula is C27H30ClN3O4S. The minimum Gasteiger partial charge on any atom is -0.357 e. The van der Waals surface area contributed by atoms with Gasteiger partial charge in [-0.3, -0.25) is 13.9 Å². The van der Waals surface area contributed by atoms with Crippen LogP contribution in [-0.2, 0) is 26.2 Å². The smallest absolute Gasteiger partial charge is 0.264 e. The zero-order valence-corrected chi connectivity index (χ0v) is 22.1. The summed E-state index contributed by atoms with van der Waals surface area (Å²) in [6.07, 6.45) is 0.365. The molecule has 0 heterocycles. The van der Waals surface area contributed by atoms with Crippen molar-refractivity contribution in [2.45, 2.75) is 37.8 Å². The number of hydrogen-bond acceptors (Lipinski definition) is 4. The van der Waals surface area contributed by atoms with Crippen LogP contribution in [0.25, 0.3) is 0 Å². The fraction of sp³-hybridized carbons (Fsp3) is 0.259. The van der Waals surface area contributed by atoms with E-state index in [-0.39, 0.29) is 17.3 Å². The largest absolute Gasteiger partial charge is 0.357 e. The topological polar surface area (TPSA) is 86.8 Å². The maximum absolute atomic E-state index is 13.8. The standard InChI is InChI=1S/C27H30ClN3O4S/c1-4-25(27(33)29-3)30(18-21-10-8-9-20(2)17-21)26(32)19-31(23-15-13-22(28)14-16-23)36(34,35)24-11-6-5-7-12-24/h5-17,25H,4,18-19H2,1-3H3,(H,29,33). The number of rotatable bonds is 10. The molecule has 0 aliphatic carbocycles. The predicted molar refractivity (Wildman–Crippen MR) is 142 cm³/mol. The molecule has 1 atom stereocenters. The molecule has 0 aromatic heterocycles. The number of sulfonamides is 1. The van der Waals surface area contributed by atoms with Gasteiger partial charge in [0, 0.05) is 18.6 Å². The molecule has 0 radical (unpaired) electrons. The second-order valence-corrected chi connectivity index (χ2v) is 10.6. The van der Waals surface area contributed by atoms with E-state index in [0.717, 1.165) is 15.4 Å². The highest BCUT2D eigenvalue weighted by Gasteiger charge is 2.33. The molecule has 2 amide bonds. The molecule has 0 fully saturated rings. The summed E-state index contributed by atoms with van der Waals surface area (Å²) in [5.41, 5.74) is 2.15. The van der Waals surface area contributed by atoms with Crippen molar-refractivity contribution in [2.75, 3.05) is 17.9 Å². The Hall–Kier alpha value is -3.36. The molecule has 0 bridgehead atoms. The van der Waals surface area contributed by atoms with Crippen molar-refractivity contribution in [1.82, 2.24) is 10.2 Å². The SMILES string of the molecule is CCC(C(=O)NC)N(Cc1cccc(C)c1)C(=O)CN(c1ccc(Cl)cc1)S(=O)(=O)c1ccccc1. The van der Waals surface area contributed by atoms with Gasteiger partial charge < -0.3 is 10.2 Å². The number of amides is 2. The average Bonchev–Trinajstić information content (AvgIpc) is 2.88. The summed E-state index contributed by atoms with van der Waals surface area (Å²) in [6.45, 7) is 3.43. The van der Waals surface area contributed by atoms with E-state index >= 15 is 0 Å². The molecule has 3 aromatic rings. The number of carbonyl (C=O) groups is 2. The zero-order valence-electron chi connectivity index (χ0n) is 20.5. The molecule has 190 valence electrons. The first-order valence-corrected chi connectivity index (χ1v) is 13.4. The van der Waals surface area contributed by atoms with Gasteiger partial charge in [0.2, 0.25) is 11.8 Å². The van der Waals surface area contributed by atoms with Crippen LogP contribution in [0.1, 0.15) is 24.5 Å². The summed E-state index contributed by atoms with van der Waals surface area (Å²) >= 11 is 6.03. The minimum atomic E-state index is -4.09. The lowest BCUT2D eigenvalue weighted by Crippen LogP contribution is -2.51. The number of benzene rings is 3. The molecule has 0 aliphatic rings. The molecule has 0 saturated carbocycles. The Morgan fingerprint density at radius 3 is 2.22 bits per heavy atom. The quantitative estimate of drug-likeness (QED) is 0.423. The Labute approximate surface area is 217 Å². The second kappa shape index (κ2) is 12.1. The molecule has 0 aliphatic heterocycles. The van der Waals surface area contributed by atoms with Gasteiger partial charge in [-0.25, -0.2) is 8.42 Å². The molecule has 36 heavy (non-hydrogen) atoms. The van der Waals surface area contributed by atoms with Crippen molar-refractivity contribution in [3.05, 3.63) is 95.0 Å². The van der Waals surface area contributed by atoms with Gasteiger partial charge in [0.15, 0.2) is 0 Å². The lowest BCUT2D eigenvalue weighted by Gasteiger charge is -2.33. The van der Waals surface area contributed by atoms with E-state index in [1.807, 2.05) is 38.1 Å². The summed E-state index contributed by atoms with van der Waals surface area (Å²) < 4.78 is 28.4. The summed E-state index contributed by atoms with van der Waals surface area (Å²) in [5.74, 6) is -0.816. The van der Waals surface area contributed by atoms with Crippen LogP contribution >= 0.6 is 11.6 Å². The zero-order chi connectivity index (χ0) is 26.3. The van der Waals surface area contributed by atoms with Crippen LogP contribution in [0.4, 0.5) is 5.69 Å². The Morgan fingerprint density at radius 2 is 1.64 bits per heavy atom. The maximum atomic E-state index is 13.8. The van der Waals surface area contributed by atoms with Gasteiger partial charge in [0.25, 0.3) is 10.0 Å². The molecular weight excluding hydrogens is 498 g/mol. The number of halogens is 1. The minimum absolute atomic E-state index is 0.0522. The molecule has 1 N–H and O–H groups in total. The van der Waals surface area contributed by atoms with Crippen molar-refractivity contribution >= 4 is 39.1 Å². The van der Waals surface area contributed by atoms with E-state index in [1.165, 1.54) is 24.1 Å². The first-order valence-electron chi connectivity index (χ1n) is 11.6. The van der Waals surface area contributed by atoms with Gasteiger partial charge in [-0.1, -0.05) is 66.6 Å². The number of nitrogens with one attached hydrogen (secondary N) is 1. The number of nitrogens with zero attached hydrogens (tertiary/aromatic N) is 2. The highest BCUT2D eigenvalue weighted by molar-refractivity contribution is 7.92. The summed E-state index contributed by atoms with van der Waals surface area (Å²) in [4.78, 5) is 28.0. The lowest BCUT2D eigenvalue weighted by atomic mass is 10.1. The lowest BCUT2D eigenvalue weighted by molar-refractivity contribution is -0.140. The Balaban J connectivity index is 2.04. The number of carbonyl (C=O) groups excluding carboxylic acids is 2. The number of anilines is 1. The molecule has 0 spiro atoms. The first kappa shape index (κ1) is 27.2. The van der Waals surface area contributed by atoms with Crippen LogP contribution in [0.3, 0.4) is 0 Å². The highest BCUT2D eigenvalue weighted by atomic mass is 35.5. The van der Waals surface area contributed by atoms with E-state index in [9.17, 15) is 18.0 Å². The molecule has 3 rings (SSSR count). The Morgan fingerprint density at radius 1 is 0.972 bits per heavy atom. The molecule has 7 nitrogen and oxygen atoms in total. The predicted octanol–water partition coefficient (Wildman–Crippen LogP) is 4.40. The second-order valence-electron chi connectivity index (χ2n) is 8.35. The van der Waals surface area contributed by atoms with E-state index in [0.29, 0.717) is 17.1 Å². The molecule has 9 heteroatoms. The molecule has 1 unspecified atom stereocenters. The molecule has 0 saturated heterocycles. The summed E-state index contributed by atoms with van der Waals surface area (Å²) in [5, 5.41) is 3.06. The van der Waals surface area contributed by atoms with Crippen LogP contribution in [0, 0.1) is 6.92 Å². The van der Waals surface area contributed by atoms with Crippen molar-refractivity contribution in [1.29, 1.82) is 0 Å². The van der Waals surface area contributed by atoms with Crippen molar-refractivity contribution < 1.29 is 18.0 Å². The van der Waals surface area contributed by atoms with Gasteiger partial charge in [-0.05, 0) is 55.3 Å². The highest BCUT2D eigenvalue weighted by Crippen LogP contribution is 2.26. The van der Waals surface area contributed by atoms with E-state index in [2.05, 4.69) is 5.32 Å². The van der Waals surface area contributed by atoms with Gasteiger partial charge in [0.05, 0.1) is 10.6 Å². The monoisotopic (exact) mass is 527 g/mol. The van der Waals surface area contributed by atoms with Crippen LogP contribution in [0.2, 0.25) is 5.02 Å². The van der Waals surface area contributed by atoms with Gasteiger partial charge in [-0.2, -0.15) is 0 Å². The van der Waals surface area contributed by atoms with E-state index in [1.54, 1.807) is 42.5 Å². The normalized spacial score (nSPS) is 12.0. The third kappa shape index (κ3) is 6.44. The maximum Gasteiger partial charge on any atom is 0.264 e. The summed E-state index contributed by atoms with van der Waals surface area (Å²) in [7, 11) is -2.58. The van der Waals surface area contributed by atoms with Crippen molar-refractivity contribution in [3.63, 3.8) is 0 Å². The van der Waals surface area contributed by atoms with E-state index < -0.39 is 28.5 Å². The third-order valence-corrected chi connectivity index (χ3v) is 7.83. The van der Waals surface area contributed by atoms with Crippen LogP contribution < -0.4 is 9.62 Å². The van der Waals surface area contributed by atoms with Gasteiger partial charge in [-0.15, -0.1) is 0 Å². The van der Waals surface area contributed by atoms with Crippen LogP contribution in [0.5, 0.6) is 0 Å². The van der Waals surface area contributed by atoms with Crippen LogP contribution in [-0.4, -0.2) is 44.8 Å². The fourth-order valence-corrected chi connectivity index (χ4v) is 5.51. The molecule has 3 aromatic carbocycles. The van der Waals surface area contributed by atoms with Crippen molar-refractivity contribution in [2.24, 2.45) is 0 Å². The Kier molecular flexibility index (Phi) is 9.12. The first-order chi connectivity index (χ1) is 17.2. The van der Waals surface area contributed by atoms with Crippen molar-refractivity contribution in [3.8, 4) is 0 Å². The third-order valence-electron chi connectivity index (χ3n) is 5.79. The Bertz CT molecular complexity index is 1300. The van der Waals surface area contributed by atoms with Gasteiger partial charge in [0.1, 0.15) is 12.6 Å². The van der Waals surface area contributed by atoms with Gasteiger partial charge >= 0.3 is 0 Å². The number of likely N-dealkylation sites (N-methyl/N-ethyl adjacent to an activating group) is 1. The fourth-order valence-electron chi connectivity index (χ4n) is 3.95. The summed E-state index contributed by atoms with van der Waals surface area (Å²) in [6, 6.07) is 21.0. The average molecular weight is 528 g/mol. The number of hydrogen-bond donors (Lipinski definition) is 1. The number of aryl methyl sites for hydroxylation is 1. The van der Waals surface area contributed by atoms with Crippen LogP contribution in [0.15, 0.2) is 83.8 Å².